The predicted octanol–water partition coefficient (Wildman–Crippen LogP) is 4.42. The van der Waals surface area contributed by atoms with E-state index in [1.807, 2.05) is 11.3 Å². The molecule has 0 radical (unpaired) electrons. The van der Waals surface area contributed by atoms with E-state index in [0.717, 1.165) is 13.1 Å². The quantitative estimate of drug-likeness (QED) is 0.836. The van der Waals surface area contributed by atoms with Crippen molar-refractivity contribution in [3.05, 3.63) is 21.4 Å². The molecule has 1 N–H and O–H groups in total. The average molecular weight is 297 g/mol. The number of rotatable bonds is 6. The molecule has 20 heavy (non-hydrogen) atoms. The van der Waals surface area contributed by atoms with Gasteiger partial charge in [0, 0.05) is 34.4 Å². The Balaban J connectivity index is 2.66. The van der Waals surface area contributed by atoms with E-state index in [0.29, 0.717) is 12.0 Å². The van der Waals surface area contributed by atoms with Crippen molar-refractivity contribution < 1.29 is 0 Å². The smallest absolute Gasteiger partial charge is 0.0304 e. The van der Waals surface area contributed by atoms with Crippen LogP contribution >= 0.6 is 11.3 Å². The van der Waals surface area contributed by atoms with Crippen molar-refractivity contribution >= 4 is 11.3 Å². The van der Waals surface area contributed by atoms with Gasteiger partial charge in [-0.3, -0.25) is 4.90 Å². The maximum absolute atomic E-state index is 3.57. The molecule has 0 amide bonds. The highest BCUT2D eigenvalue weighted by molar-refractivity contribution is 7.12. The Hall–Kier alpha value is -0.380. The van der Waals surface area contributed by atoms with Crippen molar-refractivity contribution in [3.63, 3.8) is 0 Å². The highest BCUT2D eigenvalue weighted by atomic mass is 32.1. The van der Waals surface area contributed by atoms with Crippen LogP contribution in [0.15, 0.2) is 6.07 Å². The van der Waals surface area contributed by atoms with Crippen LogP contribution in [0, 0.1) is 12.8 Å². The monoisotopic (exact) mass is 296 g/mol. The van der Waals surface area contributed by atoms with Gasteiger partial charge >= 0.3 is 0 Å². The summed E-state index contributed by atoms with van der Waals surface area (Å²) < 4.78 is 0. The summed E-state index contributed by atoms with van der Waals surface area (Å²) in [7, 11) is 2.23. The molecule has 1 unspecified atom stereocenters. The molecule has 1 aromatic heterocycles. The first-order chi connectivity index (χ1) is 9.10. The Morgan fingerprint density at radius 2 is 1.85 bits per heavy atom. The molecule has 1 atom stereocenters. The van der Waals surface area contributed by atoms with Crippen molar-refractivity contribution in [1.82, 2.24) is 10.2 Å². The van der Waals surface area contributed by atoms with E-state index in [1.165, 1.54) is 15.3 Å². The second-order valence-electron chi connectivity index (χ2n) is 7.30. The van der Waals surface area contributed by atoms with Crippen LogP contribution in [0.1, 0.15) is 56.9 Å². The fourth-order valence-electron chi connectivity index (χ4n) is 2.11. The second-order valence-corrected chi connectivity index (χ2v) is 8.64. The number of thiophene rings is 1. The van der Waals surface area contributed by atoms with Crippen LogP contribution in [-0.4, -0.2) is 23.5 Å². The Kier molecular flexibility index (Phi) is 6.24. The van der Waals surface area contributed by atoms with Gasteiger partial charge in [-0.05, 0) is 59.2 Å². The minimum atomic E-state index is 0.182. The molecule has 0 bridgehead atoms. The SMILES string of the molecule is Cc1sc(CNC(C)(C)C)cc1CN(C)C(C)C(C)C. The van der Waals surface area contributed by atoms with E-state index < -0.39 is 0 Å². The predicted molar refractivity (Wildman–Crippen MR) is 91.4 cm³/mol. The van der Waals surface area contributed by atoms with Crippen molar-refractivity contribution in [2.24, 2.45) is 5.92 Å². The van der Waals surface area contributed by atoms with Crippen LogP contribution in [0.2, 0.25) is 0 Å². The zero-order chi connectivity index (χ0) is 15.5. The van der Waals surface area contributed by atoms with Gasteiger partial charge < -0.3 is 5.32 Å². The van der Waals surface area contributed by atoms with E-state index in [-0.39, 0.29) is 5.54 Å². The molecule has 0 aliphatic carbocycles. The summed E-state index contributed by atoms with van der Waals surface area (Å²) in [5.74, 6) is 0.695. The normalized spacial score (nSPS) is 14.3. The molecule has 2 nitrogen and oxygen atoms in total. The molecule has 1 aromatic rings. The average Bonchev–Trinajstić information content (AvgIpc) is 2.65. The summed E-state index contributed by atoms with van der Waals surface area (Å²) >= 11 is 1.93. The Bertz CT molecular complexity index is 415. The van der Waals surface area contributed by atoms with Gasteiger partial charge in [-0.15, -0.1) is 11.3 Å². The lowest BCUT2D eigenvalue weighted by atomic mass is 10.0. The second kappa shape index (κ2) is 7.06. The van der Waals surface area contributed by atoms with E-state index in [1.54, 1.807) is 0 Å². The lowest BCUT2D eigenvalue weighted by Crippen LogP contribution is -2.34. The topological polar surface area (TPSA) is 15.3 Å². The lowest BCUT2D eigenvalue weighted by molar-refractivity contribution is 0.200. The first kappa shape index (κ1) is 17.7. The van der Waals surface area contributed by atoms with E-state index in [9.17, 15) is 0 Å². The number of aryl methyl sites for hydroxylation is 1. The molecule has 1 heterocycles. The minimum Gasteiger partial charge on any atom is -0.307 e. The standard InChI is InChI=1S/C17H32N2S/c1-12(2)13(3)19(8)11-15-9-16(20-14(15)4)10-18-17(5,6)7/h9,12-13,18H,10-11H2,1-8H3. The van der Waals surface area contributed by atoms with Gasteiger partial charge in [0.1, 0.15) is 0 Å². The van der Waals surface area contributed by atoms with Crippen LogP contribution in [-0.2, 0) is 13.1 Å². The van der Waals surface area contributed by atoms with Gasteiger partial charge in [-0.1, -0.05) is 13.8 Å². The zero-order valence-electron chi connectivity index (χ0n) is 14.5. The molecule has 116 valence electrons. The van der Waals surface area contributed by atoms with E-state index >= 15 is 0 Å². The van der Waals surface area contributed by atoms with E-state index in [2.05, 4.69) is 71.8 Å². The van der Waals surface area contributed by atoms with E-state index in [4.69, 9.17) is 0 Å². The molecular formula is C17H32N2S. The Morgan fingerprint density at radius 1 is 1.25 bits per heavy atom. The molecule has 0 aromatic carbocycles. The molecule has 0 aliphatic heterocycles. The molecule has 0 saturated carbocycles. The number of nitrogens with zero attached hydrogens (tertiary/aromatic N) is 1. The summed E-state index contributed by atoms with van der Waals surface area (Å²) in [5, 5.41) is 3.57. The molecule has 3 heteroatoms. The number of hydrogen-bond donors (Lipinski definition) is 1. The van der Waals surface area contributed by atoms with Gasteiger partial charge in [0.15, 0.2) is 0 Å². The number of nitrogens with one attached hydrogen (secondary N) is 1. The first-order valence-corrected chi connectivity index (χ1v) is 8.45. The van der Waals surface area contributed by atoms with Crippen molar-refractivity contribution in [2.45, 2.75) is 73.1 Å². The third kappa shape index (κ3) is 5.55. The molecular weight excluding hydrogens is 264 g/mol. The first-order valence-electron chi connectivity index (χ1n) is 7.63. The lowest BCUT2D eigenvalue weighted by Gasteiger charge is -2.27. The summed E-state index contributed by atoms with van der Waals surface area (Å²) in [6.45, 7) is 17.8. The molecule has 1 rings (SSSR count). The summed E-state index contributed by atoms with van der Waals surface area (Å²) in [6, 6.07) is 2.99. The third-order valence-electron chi connectivity index (χ3n) is 3.94. The van der Waals surface area contributed by atoms with Gasteiger partial charge in [0.25, 0.3) is 0 Å². The van der Waals surface area contributed by atoms with Gasteiger partial charge in [-0.25, -0.2) is 0 Å². The van der Waals surface area contributed by atoms with Crippen LogP contribution in [0.25, 0.3) is 0 Å². The summed E-state index contributed by atoms with van der Waals surface area (Å²) in [5.41, 5.74) is 1.66. The van der Waals surface area contributed by atoms with Crippen molar-refractivity contribution in [3.8, 4) is 0 Å². The summed E-state index contributed by atoms with van der Waals surface area (Å²) in [4.78, 5) is 5.36. The van der Waals surface area contributed by atoms with Gasteiger partial charge in [0.05, 0.1) is 0 Å². The van der Waals surface area contributed by atoms with Gasteiger partial charge in [-0.2, -0.15) is 0 Å². The Morgan fingerprint density at radius 3 is 2.35 bits per heavy atom. The van der Waals surface area contributed by atoms with Crippen LogP contribution in [0.4, 0.5) is 0 Å². The highest BCUT2D eigenvalue weighted by Gasteiger charge is 2.16. The number of hydrogen-bond acceptors (Lipinski definition) is 3. The molecule has 0 saturated heterocycles. The molecule has 0 fully saturated rings. The third-order valence-corrected chi connectivity index (χ3v) is 5.04. The zero-order valence-corrected chi connectivity index (χ0v) is 15.3. The molecule has 0 aliphatic rings. The molecule has 0 spiro atoms. The van der Waals surface area contributed by atoms with Crippen LogP contribution < -0.4 is 5.32 Å². The maximum Gasteiger partial charge on any atom is 0.0304 e. The largest absolute Gasteiger partial charge is 0.307 e. The van der Waals surface area contributed by atoms with Gasteiger partial charge in [0.2, 0.25) is 0 Å². The Labute approximate surface area is 129 Å². The highest BCUT2D eigenvalue weighted by Crippen LogP contribution is 2.24. The fourth-order valence-corrected chi connectivity index (χ4v) is 3.10. The maximum atomic E-state index is 3.57. The van der Waals surface area contributed by atoms with Crippen molar-refractivity contribution in [1.29, 1.82) is 0 Å². The summed E-state index contributed by atoms with van der Waals surface area (Å²) in [6.07, 6.45) is 0. The van der Waals surface area contributed by atoms with Crippen molar-refractivity contribution in [2.75, 3.05) is 7.05 Å². The van der Waals surface area contributed by atoms with Crippen LogP contribution in [0.3, 0.4) is 0 Å². The fraction of sp³-hybridized carbons (Fsp3) is 0.765. The minimum absolute atomic E-state index is 0.182. The van der Waals surface area contributed by atoms with Crippen LogP contribution in [0.5, 0.6) is 0 Å².